The first-order valence-electron chi connectivity index (χ1n) is 7.76. The van der Waals surface area contributed by atoms with E-state index in [1.165, 1.54) is 6.92 Å². The van der Waals surface area contributed by atoms with E-state index in [1.807, 2.05) is 0 Å². The Bertz CT molecular complexity index is 346. The molecule has 0 aromatic carbocycles. The fourth-order valence-corrected chi connectivity index (χ4v) is 2.00. The van der Waals surface area contributed by atoms with Gasteiger partial charge in [0.05, 0.1) is 19.3 Å². The molecule has 0 radical (unpaired) electrons. The summed E-state index contributed by atoms with van der Waals surface area (Å²) in [5.74, 6) is -0.213. The Labute approximate surface area is 135 Å². The number of esters is 1. The number of cyclic esters (lactones) is 1. The van der Waals surface area contributed by atoms with Crippen molar-refractivity contribution in [3.63, 3.8) is 0 Å². The number of carbonyl (C=O) groups excluding carboxylic acids is 2. The van der Waals surface area contributed by atoms with E-state index in [-0.39, 0.29) is 18.4 Å². The second-order valence-corrected chi connectivity index (χ2v) is 5.58. The molecule has 1 aliphatic rings. The van der Waals surface area contributed by atoms with Crippen LogP contribution < -0.4 is 0 Å². The average Bonchev–Trinajstić information content (AvgIpc) is 2.53. The van der Waals surface area contributed by atoms with Crippen LogP contribution in [0, 0.1) is 0 Å². The molecule has 8 heteroatoms. The van der Waals surface area contributed by atoms with Crippen LogP contribution in [0.2, 0.25) is 0 Å². The molecule has 8 nitrogen and oxygen atoms in total. The highest BCUT2D eigenvalue weighted by Crippen LogP contribution is 2.16. The molecule has 1 unspecified atom stereocenters. The minimum atomic E-state index is -1.09. The standard InChI is InChI=1S/C8H16O4.C7H12O4/c1-6(10)3-2-4-7(11)8(12)5-9;8-4-5(9)6-2-1-3-7(10)11-6/h7-9,11-12H,2-5H2,1H3;5-6,8-9H,1-4H2/t7-,8+;5-,6?/m01/s1. The van der Waals surface area contributed by atoms with Gasteiger partial charge in [-0.1, -0.05) is 0 Å². The van der Waals surface area contributed by atoms with E-state index >= 15 is 0 Å². The van der Waals surface area contributed by atoms with E-state index in [9.17, 15) is 9.59 Å². The van der Waals surface area contributed by atoms with Crippen molar-refractivity contribution in [3.05, 3.63) is 0 Å². The van der Waals surface area contributed by atoms with E-state index in [1.54, 1.807) is 0 Å². The van der Waals surface area contributed by atoms with Crippen LogP contribution in [0.25, 0.3) is 0 Å². The molecule has 0 aromatic rings. The van der Waals surface area contributed by atoms with Crippen molar-refractivity contribution in [2.24, 2.45) is 0 Å². The van der Waals surface area contributed by atoms with Crippen LogP contribution >= 0.6 is 0 Å². The molecular weight excluding hydrogens is 308 g/mol. The number of ketones is 1. The summed E-state index contributed by atoms with van der Waals surface area (Å²) in [5.41, 5.74) is 0. The van der Waals surface area contributed by atoms with Gasteiger partial charge in [0.2, 0.25) is 0 Å². The van der Waals surface area contributed by atoms with Crippen LogP contribution in [-0.4, -0.2) is 74.9 Å². The Morgan fingerprint density at radius 2 is 1.87 bits per heavy atom. The molecule has 0 aromatic heterocycles. The average molecular weight is 336 g/mol. The fourth-order valence-electron chi connectivity index (χ4n) is 2.00. The van der Waals surface area contributed by atoms with Gasteiger partial charge in [0.15, 0.2) is 0 Å². The predicted octanol–water partition coefficient (Wildman–Crippen LogP) is -1.10. The van der Waals surface area contributed by atoms with Crippen molar-refractivity contribution in [3.8, 4) is 0 Å². The fraction of sp³-hybridized carbons (Fsp3) is 0.867. The topological polar surface area (TPSA) is 145 Å². The molecule has 136 valence electrons. The number of aliphatic hydroxyl groups is 5. The second kappa shape index (κ2) is 12.4. The van der Waals surface area contributed by atoms with Gasteiger partial charge in [-0.2, -0.15) is 0 Å². The Balaban J connectivity index is 0.000000422. The molecule has 23 heavy (non-hydrogen) atoms. The summed E-state index contributed by atoms with van der Waals surface area (Å²) in [6.45, 7) is 0.689. The van der Waals surface area contributed by atoms with Gasteiger partial charge in [-0.3, -0.25) is 4.79 Å². The molecule has 1 heterocycles. The van der Waals surface area contributed by atoms with E-state index in [4.69, 9.17) is 30.3 Å². The van der Waals surface area contributed by atoms with E-state index in [0.29, 0.717) is 32.1 Å². The summed E-state index contributed by atoms with van der Waals surface area (Å²) in [6.07, 6.45) is -0.306. The minimum Gasteiger partial charge on any atom is -0.460 e. The van der Waals surface area contributed by atoms with Crippen LogP contribution in [0.1, 0.15) is 45.4 Å². The molecule has 0 saturated carbocycles. The lowest BCUT2D eigenvalue weighted by molar-refractivity contribution is -0.162. The third kappa shape index (κ3) is 10.4. The van der Waals surface area contributed by atoms with E-state index in [2.05, 4.69) is 0 Å². The van der Waals surface area contributed by atoms with Crippen molar-refractivity contribution in [1.82, 2.24) is 0 Å². The van der Waals surface area contributed by atoms with Gasteiger partial charge >= 0.3 is 5.97 Å². The summed E-state index contributed by atoms with van der Waals surface area (Å²) in [4.78, 5) is 21.2. The Hall–Kier alpha value is -1.06. The Morgan fingerprint density at radius 1 is 1.22 bits per heavy atom. The zero-order valence-electron chi connectivity index (χ0n) is 13.4. The number of aliphatic hydroxyl groups excluding tert-OH is 5. The van der Waals surface area contributed by atoms with Gasteiger partial charge in [-0.25, -0.2) is 0 Å². The first kappa shape index (κ1) is 21.9. The Kier molecular flexibility index (Phi) is 11.8. The third-order valence-electron chi connectivity index (χ3n) is 3.43. The maximum Gasteiger partial charge on any atom is 0.306 e. The molecular formula is C15H28O8. The summed E-state index contributed by atoms with van der Waals surface area (Å²) in [6, 6.07) is 0. The summed E-state index contributed by atoms with van der Waals surface area (Å²) >= 11 is 0. The molecule has 1 rings (SSSR count). The smallest absolute Gasteiger partial charge is 0.306 e. The molecule has 0 amide bonds. The first-order chi connectivity index (χ1) is 10.8. The van der Waals surface area contributed by atoms with Crippen LogP contribution in [0.5, 0.6) is 0 Å². The third-order valence-corrected chi connectivity index (χ3v) is 3.43. The quantitative estimate of drug-likeness (QED) is 0.351. The molecule has 1 fully saturated rings. The van der Waals surface area contributed by atoms with Gasteiger partial charge in [0.1, 0.15) is 24.1 Å². The van der Waals surface area contributed by atoms with Gasteiger partial charge in [0, 0.05) is 12.8 Å². The van der Waals surface area contributed by atoms with E-state index in [0.717, 1.165) is 6.42 Å². The number of rotatable bonds is 8. The molecule has 0 spiro atoms. The van der Waals surface area contributed by atoms with Crippen LogP contribution in [-0.2, 0) is 14.3 Å². The normalized spacial score (nSPS) is 21.5. The molecule has 5 N–H and O–H groups in total. The number of hydrogen-bond acceptors (Lipinski definition) is 8. The molecule has 4 atom stereocenters. The van der Waals surface area contributed by atoms with Crippen molar-refractivity contribution in [2.45, 2.75) is 69.9 Å². The van der Waals surface area contributed by atoms with E-state index < -0.39 is 31.0 Å². The van der Waals surface area contributed by atoms with Crippen LogP contribution in [0.15, 0.2) is 0 Å². The summed E-state index contributed by atoms with van der Waals surface area (Å²) in [5, 5.41) is 44.1. The molecule has 1 saturated heterocycles. The van der Waals surface area contributed by atoms with Crippen LogP contribution in [0.4, 0.5) is 0 Å². The lowest BCUT2D eigenvalue weighted by Gasteiger charge is -2.25. The summed E-state index contributed by atoms with van der Waals surface area (Å²) in [7, 11) is 0. The maximum atomic E-state index is 10.7. The van der Waals surface area contributed by atoms with Crippen molar-refractivity contribution in [2.75, 3.05) is 13.2 Å². The zero-order chi connectivity index (χ0) is 17.8. The van der Waals surface area contributed by atoms with Crippen molar-refractivity contribution < 1.29 is 39.9 Å². The number of ether oxygens (including phenoxy) is 1. The van der Waals surface area contributed by atoms with Crippen LogP contribution in [0.3, 0.4) is 0 Å². The molecule has 0 aliphatic carbocycles. The van der Waals surface area contributed by atoms with Crippen molar-refractivity contribution in [1.29, 1.82) is 0 Å². The molecule has 1 aliphatic heterocycles. The highest BCUT2D eigenvalue weighted by atomic mass is 16.6. The molecule has 0 bridgehead atoms. The summed E-state index contributed by atoms with van der Waals surface area (Å²) < 4.78 is 4.79. The monoisotopic (exact) mass is 336 g/mol. The SMILES string of the molecule is CC(=O)CCC[C@H](O)[C@H](O)CO.O=C1CCCC([C@H](O)CO)O1. The predicted molar refractivity (Wildman–Crippen MR) is 80.5 cm³/mol. The van der Waals surface area contributed by atoms with Gasteiger partial charge < -0.3 is 35.1 Å². The second-order valence-electron chi connectivity index (χ2n) is 5.58. The lowest BCUT2D eigenvalue weighted by atomic mass is 10.0. The highest BCUT2D eigenvalue weighted by Gasteiger charge is 2.26. The highest BCUT2D eigenvalue weighted by molar-refractivity contribution is 5.75. The number of Topliss-reactive ketones (excluding diaryl/α,β-unsaturated/α-hetero) is 1. The maximum absolute atomic E-state index is 10.7. The van der Waals surface area contributed by atoms with Gasteiger partial charge in [-0.15, -0.1) is 0 Å². The number of hydrogen-bond donors (Lipinski definition) is 5. The number of carbonyl (C=O) groups is 2. The van der Waals surface area contributed by atoms with Gasteiger partial charge in [0.25, 0.3) is 0 Å². The van der Waals surface area contributed by atoms with Gasteiger partial charge in [-0.05, 0) is 32.6 Å². The van der Waals surface area contributed by atoms with Crippen molar-refractivity contribution >= 4 is 11.8 Å². The largest absolute Gasteiger partial charge is 0.460 e. The minimum absolute atomic E-state index is 0.0701. The lowest BCUT2D eigenvalue weighted by Crippen LogP contribution is -2.36. The Morgan fingerprint density at radius 3 is 2.35 bits per heavy atom. The zero-order valence-corrected chi connectivity index (χ0v) is 13.4. The first-order valence-corrected chi connectivity index (χ1v) is 7.76.